The molecule has 0 spiro atoms. The average molecular weight is 279 g/mol. The molecule has 1 aromatic rings. The smallest absolute Gasteiger partial charge is 0.308 e. The molecule has 1 fully saturated rings. The van der Waals surface area contributed by atoms with Crippen LogP contribution in [0.1, 0.15) is 23.7 Å². The van der Waals surface area contributed by atoms with E-state index >= 15 is 0 Å². The van der Waals surface area contributed by atoms with Crippen molar-refractivity contribution >= 4 is 28.8 Å². The molecule has 0 aromatic heterocycles. The van der Waals surface area contributed by atoms with E-state index in [2.05, 4.69) is 5.32 Å². The lowest BCUT2D eigenvalue weighted by Gasteiger charge is -2.12. The number of nitrogens with one attached hydrogen (secondary N) is 1. The molecular formula is C13H13NO4S. The van der Waals surface area contributed by atoms with Gasteiger partial charge < -0.3 is 10.1 Å². The maximum atomic E-state index is 12.1. The van der Waals surface area contributed by atoms with Gasteiger partial charge in [0.15, 0.2) is 0 Å². The number of amides is 1. The molecule has 0 aliphatic carbocycles. The number of thioether (sulfide) groups is 1. The minimum absolute atomic E-state index is 0.0293. The lowest BCUT2D eigenvalue weighted by atomic mass is 10.1. The van der Waals surface area contributed by atoms with Crippen molar-refractivity contribution in [3.05, 3.63) is 29.8 Å². The van der Waals surface area contributed by atoms with Crippen molar-refractivity contribution in [1.82, 2.24) is 5.32 Å². The highest BCUT2D eigenvalue weighted by Crippen LogP contribution is 2.22. The van der Waals surface area contributed by atoms with Gasteiger partial charge in [0, 0.05) is 12.7 Å². The summed E-state index contributed by atoms with van der Waals surface area (Å²) in [5.41, 5.74) is 0.252. The molecule has 0 radical (unpaired) electrons. The fourth-order valence-corrected chi connectivity index (χ4v) is 2.69. The number of benzene rings is 1. The van der Waals surface area contributed by atoms with Gasteiger partial charge in [-0.1, -0.05) is 23.9 Å². The molecule has 1 aliphatic rings. The van der Waals surface area contributed by atoms with Crippen LogP contribution in [-0.2, 0) is 9.59 Å². The third-order valence-corrected chi connectivity index (χ3v) is 3.63. The molecular weight excluding hydrogens is 266 g/mol. The van der Waals surface area contributed by atoms with Crippen LogP contribution in [0.25, 0.3) is 0 Å². The molecule has 1 amide bonds. The van der Waals surface area contributed by atoms with E-state index in [1.807, 2.05) is 0 Å². The molecule has 1 heterocycles. The predicted octanol–water partition coefficient (Wildman–Crippen LogP) is 1.37. The third-order valence-electron chi connectivity index (χ3n) is 2.63. The third kappa shape index (κ3) is 3.35. The van der Waals surface area contributed by atoms with Gasteiger partial charge in [-0.25, -0.2) is 0 Å². The minimum atomic E-state index is -0.493. The Hall–Kier alpha value is -1.82. The summed E-state index contributed by atoms with van der Waals surface area (Å²) >= 11 is 1.22. The van der Waals surface area contributed by atoms with Crippen molar-refractivity contribution in [2.45, 2.75) is 19.4 Å². The zero-order valence-electron chi connectivity index (χ0n) is 10.3. The van der Waals surface area contributed by atoms with Gasteiger partial charge >= 0.3 is 5.97 Å². The SMILES string of the molecule is CC(=O)Oc1ccccc1C(=O)NC1CCSC1=O. The van der Waals surface area contributed by atoms with E-state index in [9.17, 15) is 14.4 Å². The van der Waals surface area contributed by atoms with E-state index in [0.29, 0.717) is 6.42 Å². The van der Waals surface area contributed by atoms with Crippen LogP contribution in [0, 0.1) is 0 Å². The second-order valence-electron chi connectivity index (χ2n) is 4.07. The van der Waals surface area contributed by atoms with Crippen LogP contribution in [0.3, 0.4) is 0 Å². The van der Waals surface area contributed by atoms with Crippen molar-refractivity contribution in [2.24, 2.45) is 0 Å². The van der Waals surface area contributed by atoms with Crippen molar-refractivity contribution in [3.63, 3.8) is 0 Å². The van der Waals surface area contributed by atoms with Gasteiger partial charge in [-0.15, -0.1) is 0 Å². The van der Waals surface area contributed by atoms with E-state index in [0.717, 1.165) is 5.75 Å². The molecule has 1 aliphatic heterocycles. The van der Waals surface area contributed by atoms with E-state index < -0.39 is 17.9 Å². The van der Waals surface area contributed by atoms with Crippen LogP contribution in [0.15, 0.2) is 24.3 Å². The molecule has 1 unspecified atom stereocenters. The van der Waals surface area contributed by atoms with Crippen LogP contribution < -0.4 is 10.1 Å². The molecule has 1 N–H and O–H groups in total. The number of para-hydroxylation sites is 1. The van der Waals surface area contributed by atoms with E-state index in [1.54, 1.807) is 24.3 Å². The van der Waals surface area contributed by atoms with Crippen molar-refractivity contribution in [2.75, 3.05) is 5.75 Å². The highest BCUT2D eigenvalue weighted by atomic mass is 32.2. The number of esters is 1. The zero-order chi connectivity index (χ0) is 13.8. The highest BCUT2D eigenvalue weighted by Gasteiger charge is 2.27. The van der Waals surface area contributed by atoms with Crippen molar-refractivity contribution in [1.29, 1.82) is 0 Å². The molecule has 6 heteroatoms. The molecule has 1 aromatic carbocycles. The van der Waals surface area contributed by atoms with Gasteiger partial charge in [0.05, 0.1) is 11.6 Å². The average Bonchev–Trinajstić information content (AvgIpc) is 2.75. The first-order valence-electron chi connectivity index (χ1n) is 5.83. The largest absolute Gasteiger partial charge is 0.426 e. The van der Waals surface area contributed by atoms with Crippen LogP contribution in [0.5, 0.6) is 5.75 Å². The topological polar surface area (TPSA) is 72.5 Å². The molecule has 100 valence electrons. The number of carbonyl (C=O) groups excluding carboxylic acids is 3. The van der Waals surface area contributed by atoms with Gasteiger partial charge in [-0.3, -0.25) is 14.4 Å². The van der Waals surface area contributed by atoms with Crippen LogP contribution >= 0.6 is 11.8 Å². The molecule has 0 saturated carbocycles. The first kappa shape index (κ1) is 13.6. The summed E-state index contributed by atoms with van der Waals surface area (Å²) in [4.78, 5) is 34.5. The van der Waals surface area contributed by atoms with E-state index in [-0.39, 0.29) is 16.4 Å². The van der Waals surface area contributed by atoms with Crippen molar-refractivity contribution < 1.29 is 19.1 Å². The second-order valence-corrected chi connectivity index (χ2v) is 5.17. The van der Waals surface area contributed by atoms with Gasteiger partial charge in [0.1, 0.15) is 5.75 Å². The highest BCUT2D eigenvalue weighted by molar-refractivity contribution is 8.14. The quantitative estimate of drug-likeness (QED) is 0.668. The summed E-state index contributed by atoms with van der Waals surface area (Å²) in [5.74, 6) is 0.0195. The lowest BCUT2D eigenvalue weighted by molar-refractivity contribution is -0.131. The second kappa shape index (κ2) is 5.88. The summed E-state index contributed by atoms with van der Waals surface area (Å²) in [6, 6.07) is 5.99. The number of hydrogen-bond acceptors (Lipinski definition) is 5. The number of carbonyl (C=O) groups is 3. The zero-order valence-corrected chi connectivity index (χ0v) is 11.2. The van der Waals surface area contributed by atoms with Crippen molar-refractivity contribution in [3.8, 4) is 5.75 Å². The van der Waals surface area contributed by atoms with E-state index in [4.69, 9.17) is 4.74 Å². The summed E-state index contributed by atoms with van der Waals surface area (Å²) in [7, 11) is 0. The molecule has 0 bridgehead atoms. The van der Waals surface area contributed by atoms with Crippen LogP contribution in [0.4, 0.5) is 0 Å². The number of rotatable bonds is 3. The van der Waals surface area contributed by atoms with Gasteiger partial charge in [-0.05, 0) is 18.6 Å². The lowest BCUT2D eigenvalue weighted by Crippen LogP contribution is -2.37. The normalized spacial score (nSPS) is 18.2. The Morgan fingerprint density at radius 1 is 1.37 bits per heavy atom. The Labute approximate surface area is 114 Å². The summed E-state index contributed by atoms with van der Waals surface area (Å²) in [6.45, 7) is 1.27. The van der Waals surface area contributed by atoms with Gasteiger partial charge in [-0.2, -0.15) is 0 Å². The van der Waals surface area contributed by atoms with Gasteiger partial charge in [0.25, 0.3) is 5.91 Å². The Bertz CT molecular complexity index is 529. The first-order valence-corrected chi connectivity index (χ1v) is 6.81. The first-order chi connectivity index (χ1) is 9.08. The minimum Gasteiger partial charge on any atom is -0.426 e. The molecule has 1 atom stereocenters. The van der Waals surface area contributed by atoms with E-state index in [1.165, 1.54) is 18.7 Å². The Kier molecular flexibility index (Phi) is 4.21. The number of ether oxygens (including phenoxy) is 1. The molecule has 5 nitrogen and oxygen atoms in total. The Morgan fingerprint density at radius 3 is 2.74 bits per heavy atom. The molecule has 19 heavy (non-hydrogen) atoms. The van der Waals surface area contributed by atoms with Crippen LogP contribution in [-0.4, -0.2) is 28.8 Å². The summed E-state index contributed by atoms with van der Waals surface area (Å²) < 4.78 is 4.97. The Morgan fingerprint density at radius 2 is 2.11 bits per heavy atom. The maximum absolute atomic E-state index is 12.1. The standard InChI is InChI=1S/C13H13NO4S/c1-8(15)18-11-5-3-2-4-9(11)12(16)14-10-6-7-19-13(10)17/h2-5,10H,6-7H2,1H3,(H,14,16). The fraction of sp³-hybridized carbons (Fsp3) is 0.308. The predicted molar refractivity (Wildman–Crippen MR) is 71.1 cm³/mol. The summed E-state index contributed by atoms with van der Waals surface area (Å²) in [6.07, 6.45) is 0.630. The maximum Gasteiger partial charge on any atom is 0.308 e. The molecule has 1 saturated heterocycles. The number of hydrogen-bond donors (Lipinski definition) is 1. The monoisotopic (exact) mass is 279 g/mol. The summed E-state index contributed by atoms with van der Waals surface area (Å²) in [5, 5.41) is 2.63. The molecule has 2 rings (SSSR count). The Balaban J connectivity index is 2.14. The van der Waals surface area contributed by atoms with Crippen LogP contribution in [0.2, 0.25) is 0 Å². The fourth-order valence-electron chi connectivity index (χ4n) is 1.76. The van der Waals surface area contributed by atoms with Gasteiger partial charge in [0.2, 0.25) is 5.12 Å².